The normalized spacial score (nSPS) is 20.9. The number of thioether (sulfide) groups is 1. The van der Waals surface area contributed by atoms with Crippen LogP contribution in [0.4, 0.5) is 0 Å². The lowest BCUT2D eigenvalue weighted by atomic mass is 10.2. The Bertz CT molecular complexity index is 640. The highest BCUT2D eigenvalue weighted by Crippen LogP contribution is 2.32. The molecule has 24 heavy (non-hydrogen) atoms. The minimum absolute atomic E-state index is 0.0228. The Morgan fingerprint density at radius 2 is 2.00 bits per heavy atom. The lowest BCUT2D eigenvalue weighted by Gasteiger charge is -2.29. The molecule has 5 nitrogen and oxygen atoms in total. The van der Waals surface area contributed by atoms with Crippen LogP contribution in [-0.4, -0.2) is 59.6 Å². The molecule has 0 aliphatic carbocycles. The van der Waals surface area contributed by atoms with Crippen LogP contribution in [0.2, 0.25) is 0 Å². The van der Waals surface area contributed by atoms with Crippen molar-refractivity contribution in [3.63, 3.8) is 0 Å². The predicted octanol–water partition coefficient (Wildman–Crippen LogP) is 2.58. The summed E-state index contributed by atoms with van der Waals surface area (Å²) in [6.07, 6.45) is 1.88. The van der Waals surface area contributed by atoms with Crippen molar-refractivity contribution in [1.82, 2.24) is 9.80 Å². The highest BCUT2D eigenvalue weighted by molar-refractivity contribution is 8.26. The van der Waals surface area contributed by atoms with E-state index in [1.165, 1.54) is 11.8 Å². The van der Waals surface area contributed by atoms with Gasteiger partial charge in [0.15, 0.2) is 0 Å². The SMILES string of the molecule is CCOc1ccc(/C=C2\SC(=S)N(CN3CCOCC3)C2=O)cc1. The van der Waals surface area contributed by atoms with Crippen molar-refractivity contribution < 1.29 is 14.3 Å². The third-order valence-corrected chi connectivity index (χ3v) is 5.19. The monoisotopic (exact) mass is 364 g/mol. The maximum Gasteiger partial charge on any atom is 0.267 e. The van der Waals surface area contributed by atoms with Crippen LogP contribution in [0.1, 0.15) is 12.5 Å². The molecule has 0 saturated carbocycles. The molecule has 2 heterocycles. The molecule has 2 aliphatic rings. The molecule has 0 radical (unpaired) electrons. The lowest BCUT2D eigenvalue weighted by molar-refractivity contribution is -0.124. The van der Waals surface area contributed by atoms with E-state index >= 15 is 0 Å². The molecule has 0 atom stereocenters. The first-order chi connectivity index (χ1) is 11.7. The Morgan fingerprint density at radius 3 is 2.67 bits per heavy atom. The van der Waals surface area contributed by atoms with Gasteiger partial charge in [0.2, 0.25) is 0 Å². The van der Waals surface area contributed by atoms with Crippen LogP contribution < -0.4 is 4.74 Å². The molecule has 0 unspecified atom stereocenters. The topological polar surface area (TPSA) is 42.0 Å². The molecule has 7 heteroatoms. The summed E-state index contributed by atoms with van der Waals surface area (Å²) in [5.41, 5.74) is 0.963. The third kappa shape index (κ3) is 4.16. The van der Waals surface area contributed by atoms with Crippen molar-refractivity contribution in [1.29, 1.82) is 0 Å². The number of hydrogen-bond acceptors (Lipinski definition) is 6. The van der Waals surface area contributed by atoms with Gasteiger partial charge in [0.25, 0.3) is 5.91 Å². The number of benzene rings is 1. The molecule has 3 rings (SSSR count). The number of nitrogens with zero attached hydrogens (tertiary/aromatic N) is 2. The van der Waals surface area contributed by atoms with E-state index in [4.69, 9.17) is 21.7 Å². The second-order valence-corrected chi connectivity index (χ2v) is 7.16. The minimum Gasteiger partial charge on any atom is -0.494 e. The molecule has 128 valence electrons. The van der Waals surface area contributed by atoms with E-state index in [0.717, 1.165) is 24.4 Å². The van der Waals surface area contributed by atoms with E-state index in [2.05, 4.69) is 4.90 Å². The maximum atomic E-state index is 12.6. The van der Waals surface area contributed by atoms with E-state index < -0.39 is 0 Å². The molecule has 1 amide bonds. The number of thiocarbonyl (C=S) groups is 1. The maximum absolute atomic E-state index is 12.6. The van der Waals surface area contributed by atoms with E-state index in [1.54, 1.807) is 4.90 Å². The lowest BCUT2D eigenvalue weighted by Crippen LogP contribution is -2.45. The van der Waals surface area contributed by atoms with Gasteiger partial charge in [-0.15, -0.1) is 0 Å². The van der Waals surface area contributed by atoms with Gasteiger partial charge >= 0.3 is 0 Å². The summed E-state index contributed by atoms with van der Waals surface area (Å²) < 4.78 is 11.4. The van der Waals surface area contributed by atoms with Crippen LogP contribution in [0.25, 0.3) is 6.08 Å². The summed E-state index contributed by atoms with van der Waals surface area (Å²) in [7, 11) is 0. The minimum atomic E-state index is -0.0228. The summed E-state index contributed by atoms with van der Waals surface area (Å²) in [6.45, 7) is 6.19. The summed E-state index contributed by atoms with van der Waals surface area (Å²) in [4.78, 5) is 17.2. The molecule has 0 bridgehead atoms. The fourth-order valence-electron chi connectivity index (χ4n) is 2.54. The van der Waals surface area contributed by atoms with Crippen molar-refractivity contribution in [3.8, 4) is 5.75 Å². The van der Waals surface area contributed by atoms with Crippen LogP contribution >= 0.6 is 24.0 Å². The Hall–Kier alpha value is -1.41. The van der Waals surface area contributed by atoms with Gasteiger partial charge in [-0.05, 0) is 30.7 Å². The van der Waals surface area contributed by atoms with Crippen molar-refractivity contribution in [3.05, 3.63) is 34.7 Å². The molecule has 2 aliphatic heterocycles. The summed E-state index contributed by atoms with van der Waals surface area (Å²) in [6, 6.07) is 7.70. The molecular formula is C17H20N2O3S2. The summed E-state index contributed by atoms with van der Waals surface area (Å²) in [5.74, 6) is 0.805. The van der Waals surface area contributed by atoms with Crippen LogP contribution in [0.15, 0.2) is 29.2 Å². The van der Waals surface area contributed by atoms with E-state index in [-0.39, 0.29) is 5.91 Å². The zero-order valence-electron chi connectivity index (χ0n) is 13.6. The van der Waals surface area contributed by atoms with Gasteiger partial charge in [0, 0.05) is 13.1 Å². The second kappa shape index (κ2) is 8.11. The molecular weight excluding hydrogens is 344 g/mol. The van der Waals surface area contributed by atoms with Crippen LogP contribution in [0.5, 0.6) is 5.75 Å². The Morgan fingerprint density at radius 1 is 1.29 bits per heavy atom. The van der Waals surface area contributed by atoms with Gasteiger partial charge in [-0.1, -0.05) is 36.1 Å². The molecule has 0 spiro atoms. The molecule has 2 fully saturated rings. The first-order valence-corrected chi connectivity index (χ1v) is 9.18. The highest BCUT2D eigenvalue weighted by Gasteiger charge is 2.33. The fraction of sp³-hybridized carbons (Fsp3) is 0.412. The van der Waals surface area contributed by atoms with Crippen molar-refractivity contribution >= 4 is 40.3 Å². The van der Waals surface area contributed by atoms with Gasteiger partial charge in [-0.2, -0.15) is 0 Å². The van der Waals surface area contributed by atoms with Crippen LogP contribution in [0, 0.1) is 0 Å². The molecule has 0 aromatic heterocycles. The number of hydrogen-bond donors (Lipinski definition) is 0. The fourth-order valence-corrected chi connectivity index (χ4v) is 3.78. The second-order valence-electron chi connectivity index (χ2n) is 5.48. The molecule has 2 saturated heterocycles. The molecule has 1 aromatic carbocycles. The van der Waals surface area contributed by atoms with E-state index in [1.807, 2.05) is 37.3 Å². The van der Waals surface area contributed by atoms with Crippen LogP contribution in [-0.2, 0) is 9.53 Å². The Balaban J connectivity index is 1.68. The average Bonchev–Trinajstić information content (AvgIpc) is 2.85. The number of morpholine rings is 1. The van der Waals surface area contributed by atoms with Gasteiger partial charge in [-0.25, -0.2) is 0 Å². The van der Waals surface area contributed by atoms with Gasteiger partial charge in [0.05, 0.1) is 31.4 Å². The smallest absolute Gasteiger partial charge is 0.267 e. The highest BCUT2D eigenvalue weighted by atomic mass is 32.2. The largest absolute Gasteiger partial charge is 0.494 e. The van der Waals surface area contributed by atoms with E-state index in [0.29, 0.717) is 35.7 Å². The Labute approximate surface area is 151 Å². The van der Waals surface area contributed by atoms with Crippen molar-refractivity contribution in [2.75, 3.05) is 39.6 Å². The first-order valence-electron chi connectivity index (χ1n) is 7.95. The predicted molar refractivity (Wildman–Crippen MR) is 99.9 cm³/mol. The van der Waals surface area contributed by atoms with E-state index in [9.17, 15) is 4.79 Å². The van der Waals surface area contributed by atoms with Gasteiger partial charge in [-0.3, -0.25) is 14.6 Å². The van der Waals surface area contributed by atoms with Gasteiger partial charge in [0.1, 0.15) is 10.1 Å². The number of carbonyl (C=O) groups is 1. The summed E-state index contributed by atoms with van der Waals surface area (Å²) in [5, 5.41) is 0. The van der Waals surface area contributed by atoms with Crippen molar-refractivity contribution in [2.45, 2.75) is 6.92 Å². The summed E-state index contributed by atoms with van der Waals surface area (Å²) >= 11 is 6.74. The number of ether oxygens (including phenoxy) is 2. The number of carbonyl (C=O) groups excluding carboxylic acids is 1. The number of amides is 1. The number of rotatable bonds is 5. The zero-order chi connectivity index (χ0) is 16.9. The quantitative estimate of drug-likeness (QED) is 0.591. The third-order valence-electron chi connectivity index (χ3n) is 3.81. The first kappa shape index (κ1) is 17.4. The Kier molecular flexibility index (Phi) is 5.89. The van der Waals surface area contributed by atoms with Crippen LogP contribution in [0.3, 0.4) is 0 Å². The molecule has 0 N–H and O–H groups in total. The van der Waals surface area contributed by atoms with Gasteiger partial charge < -0.3 is 9.47 Å². The van der Waals surface area contributed by atoms with Crippen molar-refractivity contribution in [2.24, 2.45) is 0 Å². The zero-order valence-corrected chi connectivity index (χ0v) is 15.2. The molecule has 1 aromatic rings. The average molecular weight is 364 g/mol. The standard InChI is InChI=1S/C17H20N2O3S2/c1-2-22-14-5-3-13(4-6-14)11-15-16(20)19(17(23)24-15)12-18-7-9-21-10-8-18/h3-6,11H,2,7-10,12H2,1H3/b15-11-.